The monoisotopic (exact) mass is 610 g/mol. The fourth-order valence-electron chi connectivity index (χ4n) is 2.28. The normalized spacial score (nSPS) is 12.2. The molecule has 2 atom stereocenters. The maximum absolute atomic E-state index is 11.1. The Morgan fingerprint density at radius 2 is 1.17 bits per heavy atom. The smallest absolute Gasteiger partial charge is 0.862 e. The van der Waals surface area contributed by atoms with Gasteiger partial charge in [-0.1, -0.05) is 0 Å². The molecule has 0 aliphatic rings. The van der Waals surface area contributed by atoms with E-state index >= 15 is 0 Å². The van der Waals surface area contributed by atoms with E-state index < -0.39 is 35.8 Å². The second-order valence-corrected chi connectivity index (χ2v) is 6.32. The molecule has 10 N–H and O–H groups in total. The fraction of sp³-hybridized carbons (Fsp3) is 0.444. The van der Waals surface area contributed by atoms with Crippen LogP contribution in [0.2, 0.25) is 0 Å². The van der Waals surface area contributed by atoms with E-state index in [-0.39, 0.29) is 83.9 Å². The van der Waals surface area contributed by atoms with Crippen LogP contribution in [0, 0.1) is 0 Å². The molecule has 0 aliphatic heterocycles. The molecule has 18 heteroatoms. The summed E-state index contributed by atoms with van der Waals surface area (Å²) in [5, 5.41) is 39.9. The molecule has 2 aromatic rings. The zero-order valence-electron chi connectivity index (χ0n) is 18.6. The van der Waals surface area contributed by atoms with E-state index in [4.69, 9.17) is 21.7 Å². The van der Waals surface area contributed by atoms with Gasteiger partial charge in [0.15, 0.2) is 12.1 Å². The van der Waals surface area contributed by atoms with Crippen LogP contribution in [0.1, 0.15) is 24.2 Å². The van der Waals surface area contributed by atoms with Crippen LogP contribution in [-0.2, 0) is 56.6 Å². The molecule has 2 unspecified atom stereocenters. The largest absolute Gasteiger partial charge is 2.00 e. The Bertz CT molecular complexity index is 810. The van der Waals surface area contributed by atoms with Crippen LogP contribution >= 0.6 is 0 Å². The first-order valence-electron chi connectivity index (χ1n) is 9.43. The Labute approximate surface area is 227 Å². The fourth-order valence-corrected chi connectivity index (χ4v) is 2.28. The third kappa shape index (κ3) is 16.7. The van der Waals surface area contributed by atoms with E-state index in [0.717, 1.165) is 0 Å². The summed E-state index contributed by atoms with van der Waals surface area (Å²) in [6, 6.07) is -2.22. The Morgan fingerprint density at radius 3 is 1.39 bits per heavy atom. The second-order valence-electron chi connectivity index (χ2n) is 6.32. The summed E-state index contributed by atoms with van der Waals surface area (Å²) >= 11 is 0. The van der Waals surface area contributed by atoms with Crippen molar-refractivity contribution >= 4 is 23.7 Å². The summed E-state index contributed by atoms with van der Waals surface area (Å²) in [6.45, 7) is -0.169. The van der Waals surface area contributed by atoms with Gasteiger partial charge in [0.1, 0.15) is 0 Å². The first kappa shape index (κ1) is 40.4. The summed E-state index contributed by atoms with van der Waals surface area (Å²) in [4.78, 5) is 41.7. The Kier molecular flexibility index (Phi) is 25.4. The number of carbonyl (C=O) groups is 2. The first-order valence-corrected chi connectivity index (χ1v) is 9.43. The average Bonchev–Trinajstić information content (AvgIpc) is 3.42. The van der Waals surface area contributed by atoms with Crippen molar-refractivity contribution in [2.45, 2.75) is 37.8 Å². The molecule has 0 aliphatic carbocycles. The molecule has 2 rings (SSSR count). The first-order chi connectivity index (χ1) is 15.3. The van der Waals surface area contributed by atoms with E-state index in [1.54, 1.807) is 0 Å². The molecule has 0 bridgehead atoms. The minimum absolute atomic E-state index is 0. The van der Waals surface area contributed by atoms with E-state index in [9.17, 15) is 19.8 Å². The third-order valence-corrected chi connectivity index (χ3v) is 3.78. The molecular formula is C18H28Cu2N8O8. The number of rotatable bonds is 12. The zero-order chi connectivity index (χ0) is 23.9. The third-order valence-electron chi connectivity index (χ3n) is 3.78. The quantitative estimate of drug-likeness (QED) is 0.113. The van der Waals surface area contributed by atoms with Crippen LogP contribution in [0.15, 0.2) is 35.0 Å². The molecule has 2 aromatic heterocycles. The maximum atomic E-state index is 11.1. The van der Waals surface area contributed by atoms with Gasteiger partial charge in [-0.2, -0.15) is 0 Å². The molecule has 2 heterocycles. The number of nitrogens with zero attached hydrogens (tertiary/aromatic N) is 4. The number of aliphatic imine (C=N–C) groups is 2. The van der Waals surface area contributed by atoms with Gasteiger partial charge in [-0.15, -0.1) is 13.1 Å². The molecular weight excluding hydrogens is 583 g/mol. The van der Waals surface area contributed by atoms with E-state index in [1.165, 1.54) is 25.0 Å². The summed E-state index contributed by atoms with van der Waals surface area (Å²) < 4.78 is 0. The van der Waals surface area contributed by atoms with Gasteiger partial charge in [-0.25, -0.2) is 19.6 Å². The number of hydrogen-bond acceptors (Lipinski definition) is 8. The van der Waals surface area contributed by atoms with Gasteiger partial charge in [-0.3, -0.25) is 9.98 Å². The molecule has 16 nitrogen and oxygen atoms in total. The predicted molar refractivity (Wildman–Crippen MR) is 117 cm³/mol. The minimum Gasteiger partial charge on any atom is -0.862 e. The van der Waals surface area contributed by atoms with Gasteiger partial charge in [0.2, 0.25) is 0 Å². The van der Waals surface area contributed by atoms with Gasteiger partial charge in [-0.05, 0) is 24.6 Å². The van der Waals surface area contributed by atoms with E-state index in [0.29, 0.717) is 11.4 Å². The molecule has 0 fully saturated rings. The van der Waals surface area contributed by atoms with Crippen molar-refractivity contribution in [2.24, 2.45) is 9.98 Å². The average molecular weight is 612 g/mol. The van der Waals surface area contributed by atoms with Crippen molar-refractivity contribution in [1.29, 1.82) is 0 Å². The van der Waals surface area contributed by atoms with Crippen molar-refractivity contribution < 1.29 is 75.1 Å². The van der Waals surface area contributed by atoms with Crippen molar-refractivity contribution in [1.82, 2.24) is 19.9 Å². The number of imidazole rings is 2. The molecule has 210 valence electrons. The second kappa shape index (κ2) is 22.6. The van der Waals surface area contributed by atoms with Crippen molar-refractivity contribution in [3.63, 3.8) is 0 Å². The van der Waals surface area contributed by atoms with Crippen molar-refractivity contribution in [2.75, 3.05) is 13.1 Å². The minimum atomic E-state index is -1.16. The summed E-state index contributed by atoms with van der Waals surface area (Å²) in [5.41, 5.74) is 14.9. The molecule has 36 heavy (non-hydrogen) atoms. The molecule has 0 aromatic carbocycles. The van der Waals surface area contributed by atoms with E-state index in [2.05, 4.69) is 29.9 Å². The number of aromatic amines is 2. The number of nitrogens with one attached hydrogen (secondary N) is 4. The SMILES string of the molecule is O.O.[Cu+2].[Cu+2].[NH-]CCC([O-])=NC(Cc1cnc[nH]1)C(=O)O.[NH-]CCC([O-])=NC(Cc1cnc[nH]1)C(=O)O. The standard InChI is InChI=1S/2C9H13N4O3.2Cu.2H2O/c2*10-2-1-8(14)13-7(9(15)16)3-6-4-11-5-12-6;;;;/h2*4-5,7,10H,1-3H2,(H,11,12)(H,13,14)(H,15,16);;;2*1H2/q2*-1;2*+2;;/p-2. The zero-order valence-corrected chi connectivity index (χ0v) is 20.5. The van der Waals surface area contributed by atoms with Crippen LogP contribution < -0.4 is 10.2 Å². The molecule has 2 radical (unpaired) electrons. The van der Waals surface area contributed by atoms with Gasteiger partial charge in [0.25, 0.3) is 0 Å². The number of carboxylic acid groups (broad SMARTS) is 2. The Hall–Kier alpha value is -2.82. The number of carboxylic acids is 2. The molecule has 0 saturated heterocycles. The number of aliphatic carboxylic acids is 2. The summed E-state index contributed by atoms with van der Waals surface area (Å²) in [6.07, 6.45) is 5.93. The van der Waals surface area contributed by atoms with Crippen LogP contribution in [0.5, 0.6) is 0 Å². The van der Waals surface area contributed by atoms with Gasteiger partial charge >= 0.3 is 46.1 Å². The van der Waals surface area contributed by atoms with Crippen molar-refractivity contribution in [3.05, 3.63) is 47.9 Å². The molecule has 0 saturated carbocycles. The molecule has 0 amide bonds. The van der Waals surface area contributed by atoms with Crippen LogP contribution in [0.3, 0.4) is 0 Å². The number of hydrogen-bond donors (Lipinski definition) is 4. The Morgan fingerprint density at radius 1 is 0.833 bits per heavy atom. The number of aromatic nitrogens is 4. The van der Waals surface area contributed by atoms with Crippen LogP contribution in [0.25, 0.3) is 11.5 Å². The topological polar surface area (TPSA) is 313 Å². The maximum Gasteiger partial charge on any atom is 2.00 e. The molecule has 0 spiro atoms. The number of H-pyrrole nitrogens is 2. The van der Waals surface area contributed by atoms with Gasteiger partial charge < -0.3 is 52.8 Å². The summed E-state index contributed by atoms with van der Waals surface area (Å²) in [5.74, 6) is -3.43. The van der Waals surface area contributed by atoms with Gasteiger partial charge in [0, 0.05) is 36.6 Å². The van der Waals surface area contributed by atoms with E-state index in [1.807, 2.05) is 0 Å². The van der Waals surface area contributed by atoms with Crippen LogP contribution in [0.4, 0.5) is 0 Å². The predicted octanol–water partition coefficient (Wildman–Crippen LogP) is -2.44. The Balaban J connectivity index is -0.000000256. The summed E-state index contributed by atoms with van der Waals surface area (Å²) in [7, 11) is 0. The van der Waals surface area contributed by atoms with Crippen molar-refractivity contribution in [3.8, 4) is 0 Å². The van der Waals surface area contributed by atoms with Gasteiger partial charge in [0.05, 0.1) is 12.7 Å². The van der Waals surface area contributed by atoms with Crippen LogP contribution in [-0.4, -0.2) is 90.0 Å².